The van der Waals surface area contributed by atoms with Crippen molar-refractivity contribution in [3.05, 3.63) is 99.7 Å². The number of halogens is 1. The monoisotopic (exact) mass is 699 g/mol. The summed E-state index contributed by atoms with van der Waals surface area (Å²) in [6.07, 6.45) is 3.93. The highest BCUT2D eigenvalue weighted by Crippen LogP contribution is 2.48. The molecule has 2 aliphatic carbocycles. The fraction of sp³-hybridized carbons (Fsp3) is 0.366. The second-order valence-electron chi connectivity index (χ2n) is 14.9. The minimum absolute atomic E-state index is 0.0170. The van der Waals surface area contributed by atoms with Crippen LogP contribution >= 0.6 is 0 Å². The van der Waals surface area contributed by atoms with Crippen molar-refractivity contribution in [2.24, 2.45) is 11.8 Å². The molecule has 2 saturated carbocycles. The number of benzene rings is 3. The molecular weight excluding hydrogens is 661 g/mol. The van der Waals surface area contributed by atoms with Crippen molar-refractivity contribution in [1.82, 2.24) is 15.4 Å². The molecule has 4 amide bonds. The number of imide groups is 2. The predicted octanol–water partition coefficient (Wildman–Crippen LogP) is 6.77. The number of carbonyl (C=O) groups excluding carboxylic acids is 4. The molecule has 0 bridgehead atoms. The number of nitrogens with zero attached hydrogens (tertiary/aromatic N) is 4. The number of rotatable bonds is 9. The minimum atomic E-state index is -1.10. The molecule has 10 nitrogen and oxygen atoms in total. The van der Waals surface area contributed by atoms with Crippen molar-refractivity contribution >= 4 is 35.0 Å². The number of aromatic nitrogens is 1. The maximum Gasteiger partial charge on any atom is 0.262 e. The summed E-state index contributed by atoms with van der Waals surface area (Å²) in [5, 5.41) is 16.1. The fourth-order valence-corrected chi connectivity index (χ4v) is 8.29. The van der Waals surface area contributed by atoms with E-state index in [4.69, 9.17) is 4.52 Å². The van der Waals surface area contributed by atoms with Crippen LogP contribution in [-0.2, 0) is 21.4 Å². The van der Waals surface area contributed by atoms with Crippen molar-refractivity contribution in [3.8, 4) is 17.2 Å². The van der Waals surface area contributed by atoms with E-state index in [1.807, 2.05) is 13.8 Å². The van der Waals surface area contributed by atoms with E-state index in [2.05, 4.69) is 70.8 Å². The van der Waals surface area contributed by atoms with Gasteiger partial charge in [-0.15, -0.1) is 0 Å². The lowest BCUT2D eigenvalue weighted by molar-refractivity contribution is -0.136. The number of hydrogen-bond acceptors (Lipinski definition) is 8. The van der Waals surface area contributed by atoms with Gasteiger partial charge in [-0.2, -0.15) is 5.26 Å². The lowest BCUT2D eigenvalue weighted by atomic mass is 9.71. The molecule has 0 radical (unpaired) electrons. The molecule has 11 heteroatoms. The maximum atomic E-state index is 15.5. The lowest BCUT2D eigenvalue weighted by Crippen LogP contribution is -2.54. The van der Waals surface area contributed by atoms with Crippen LogP contribution in [0.4, 0.5) is 15.8 Å². The first kappa shape index (κ1) is 33.5. The Morgan fingerprint density at radius 1 is 0.981 bits per heavy atom. The quantitative estimate of drug-likeness (QED) is 0.189. The number of anilines is 2. The van der Waals surface area contributed by atoms with E-state index >= 15 is 4.39 Å². The van der Waals surface area contributed by atoms with Crippen LogP contribution in [0.3, 0.4) is 0 Å². The Morgan fingerprint density at radius 2 is 1.69 bits per heavy atom. The third-order valence-corrected chi connectivity index (χ3v) is 11.4. The molecule has 52 heavy (non-hydrogen) atoms. The molecule has 2 aliphatic heterocycles. The topological polar surface area (TPSA) is 137 Å². The van der Waals surface area contributed by atoms with E-state index < -0.39 is 35.5 Å². The van der Waals surface area contributed by atoms with Gasteiger partial charge in [0.15, 0.2) is 0 Å². The van der Waals surface area contributed by atoms with Crippen molar-refractivity contribution < 1.29 is 28.1 Å². The van der Waals surface area contributed by atoms with Crippen LogP contribution in [0.1, 0.15) is 87.4 Å². The van der Waals surface area contributed by atoms with Crippen LogP contribution in [-0.4, -0.2) is 46.3 Å². The Kier molecular flexibility index (Phi) is 8.09. The smallest absolute Gasteiger partial charge is 0.262 e. The summed E-state index contributed by atoms with van der Waals surface area (Å²) in [4.78, 5) is 53.8. The molecule has 264 valence electrons. The van der Waals surface area contributed by atoms with Gasteiger partial charge >= 0.3 is 0 Å². The standard InChI is InChI=1S/C41H38FN5O5/c1-22-4-5-27(37-23(2)45-52-24(37)3)18-35(22)46(30-8-6-29(7-9-30)41(21-43)12-13-41)20-26-14-25(15-26)16-28-17-31-32(19-33(28)42)40(51)47(39(31)50)34-10-11-36(48)44-38(34)49/h4-9,17-19,25-26,34H,10-16,20H2,1-3H3,(H,44,48,49). The van der Waals surface area contributed by atoms with Crippen LogP contribution in [0.15, 0.2) is 59.1 Å². The Hall–Kier alpha value is -5.63. The number of nitriles is 1. The van der Waals surface area contributed by atoms with Crippen molar-refractivity contribution in [2.75, 3.05) is 11.4 Å². The Balaban J connectivity index is 1.01. The summed E-state index contributed by atoms with van der Waals surface area (Å²) < 4.78 is 21.0. The number of nitrogens with one attached hydrogen (secondary N) is 1. The highest BCUT2D eigenvalue weighted by Gasteiger charge is 2.46. The van der Waals surface area contributed by atoms with Gasteiger partial charge in [-0.25, -0.2) is 4.39 Å². The van der Waals surface area contributed by atoms with Gasteiger partial charge in [0.1, 0.15) is 17.6 Å². The summed E-state index contributed by atoms with van der Waals surface area (Å²) >= 11 is 0. The summed E-state index contributed by atoms with van der Waals surface area (Å²) in [6, 6.07) is 18.7. The molecule has 3 heterocycles. The number of amides is 4. The van der Waals surface area contributed by atoms with E-state index in [0.29, 0.717) is 17.9 Å². The Bertz CT molecular complexity index is 2190. The lowest BCUT2D eigenvalue weighted by Gasteiger charge is -2.40. The van der Waals surface area contributed by atoms with Crippen LogP contribution in [0.2, 0.25) is 0 Å². The van der Waals surface area contributed by atoms with Crippen LogP contribution in [0.5, 0.6) is 0 Å². The van der Waals surface area contributed by atoms with Gasteiger partial charge < -0.3 is 9.42 Å². The number of carbonyl (C=O) groups is 4. The second kappa shape index (κ2) is 12.5. The minimum Gasteiger partial charge on any atom is -0.361 e. The summed E-state index contributed by atoms with van der Waals surface area (Å²) in [5.74, 6) is -1.81. The third-order valence-electron chi connectivity index (χ3n) is 11.4. The van der Waals surface area contributed by atoms with Gasteiger partial charge in [-0.1, -0.05) is 29.4 Å². The molecule has 3 fully saturated rings. The maximum absolute atomic E-state index is 15.5. The first-order valence-corrected chi connectivity index (χ1v) is 17.8. The van der Waals surface area contributed by atoms with Crippen LogP contribution in [0, 0.1) is 49.8 Å². The SMILES string of the molecule is Cc1ccc(-c2c(C)noc2C)cc1N(CC1CC(Cc2cc3c(cc2F)C(=O)N(C2CCC(=O)NC2=O)C3=O)C1)c1ccc(C2(C#N)CC2)cc1. The van der Waals surface area contributed by atoms with Crippen LogP contribution in [0.25, 0.3) is 11.1 Å². The zero-order valence-electron chi connectivity index (χ0n) is 29.3. The van der Waals surface area contributed by atoms with Crippen molar-refractivity contribution in [2.45, 2.75) is 77.2 Å². The first-order valence-electron chi connectivity index (χ1n) is 17.8. The van der Waals surface area contributed by atoms with Gasteiger partial charge in [0.25, 0.3) is 11.8 Å². The zero-order chi connectivity index (χ0) is 36.5. The van der Waals surface area contributed by atoms with E-state index in [1.165, 1.54) is 6.07 Å². The molecule has 3 aromatic carbocycles. The predicted molar refractivity (Wildman–Crippen MR) is 189 cm³/mol. The second-order valence-corrected chi connectivity index (χ2v) is 14.9. The number of fused-ring (bicyclic) bond motifs is 1. The Labute approximate surface area is 300 Å². The van der Waals surface area contributed by atoms with E-state index in [1.54, 1.807) is 0 Å². The van der Waals surface area contributed by atoms with Gasteiger partial charge in [0.2, 0.25) is 11.8 Å². The molecular formula is C41H38FN5O5. The summed E-state index contributed by atoms with van der Waals surface area (Å²) in [5.41, 5.74) is 7.08. The number of aryl methyl sites for hydroxylation is 3. The van der Waals surface area contributed by atoms with E-state index in [0.717, 1.165) is 88.3 Å². The number of piperidine rings is 1. The molecule has 1 unspecified atom stereocenters. The summed E-state index contributed by atoms with van der Waals surface area (Å²) in [6.45, 7) is 6.67. The first-order chi connectivity index (χ1) is 25.0. The van der Waals surface area contributed by atoms with E-state index in [-0.39, 0.29) is 35.3 Å². The van der Waals surface area contributed by atoms with Crippen LogP contribution < -0.4 is 10.2 Å². The largest absolute Gasteiger partial charge is 0.361 e. The van der Waals surface area contributed by atoms with Gasteiger partial charge in [0, 0.05) is 29.9 Å². The van der Waals surface area contributed by atoms with Crippen molar-refractivity contribution in [1.29, 1.82) is 5.26 Å². The van der Waals surface area contributed by atoms with Gasteiger partial charge in [0.05, 0.1) is 28.3 Å². The Morgan fingerprint density at radius 3 is 2.33 bits per heavy atom. The molecule has 4 aromatic rings. The number of hydrogen-bond donors (Lipinski definition) is 1. The average Bonchev–Trinajstić information content (AvgIpc) is 3.79. The molecule has 1 N–H and O–H groups in total. The average molecular weight is 700 g/mol. The van der Waals surface area contributed by atoms with Gasteiger partial charge in [-0.05, 0) is 124 Å². The fourth-order valence-electron chi connectivity index (χ4n) is 8.29. The summed E-state index contributed by atoms with van der Waals surface area (Å²) in [7, 11) is 0. The highest BCUT2D eigenvalue weighted by atomic mass is 19.1. The molecule has 1 aromatic heterocycles. The third kappa shape index (κ3) is 5.67. The van der Waals surface area contributed by atoms with E-state index in [9.17, 15) is 24.4 Å². The highest BCUT2D eigenvalue weighted by molar-refractivity contribution is 6.23. The van der Waals surface area contributed by atoms with Crippen molar-refractivity contribution in [3.63, 3.8) is 0 Å². The molecule has 1 saturated heterocycles. The molecule has 1 atom stereocenters. The molecule has 4 aliphatic rings. The molecule has 8 rings (SSSR count). The molecule has 0 spiro atoms. The van der Waals surface area contributed by atoms with Gasteiger partial charge in [-0.3, -0.25) is 29.4 Å². The zero-order valence-corrected chi connectivity index (χ0v) is 29.3. The normalized spacial score (nSPS) is 21.8.